The van der Waals surface area contributed by atoms with Crippen LogP contribution in [0.15, 0.2) is 24.3 Å². The second-order valence-corrected chi connectivity index (χ2v) is 5.83. The summed E-state index contributed by atoms with van der Waals surface area (Å²) in [6.07, 6.45) is -2.27. The van der Waals surface area contributed by atoms with Gasteiger partial charge < -0.3 is 15.2 Å². The molecule has 6 nitrogen and oxygen atoms in total. The van der Waals surface area contributed by atoms with Gasteiger partial charge in [0.05, 0.1) is 6.42 Å². The second kappa shape index (κ2) is 7.19. The lowest BCUT2D eigenvalue weighted by molar-refractivity contribution is -0.142. The third-order valence-electron chi connectivity index (χ3n) is 3.95. The molecular weight excluding hydrogens is 351 g/mol. The van der Waals surface area contributed by atoms with E-state index in [1.165, 1.54) is 0 Å². The highest BCUT2D eigenvalue weighted by Crippen LogP contribution is 2.33. The van der Waals surface area contributed by atoms with Gasteiger partial charge in [0.15, 0.2) is 5.69 Å². The van der Waals surface area contributed by atoms with Gasteiger partial charge in [-0.25, -0.2) is 0 Å². The number of alkyl halides is 3. The maximum Gasteiger partial charge on any atom is 0.433 e. The maximum atomic E-state index is 13.1. The number of rotatable bonds is 6. The van der Waals surface area contributed by atoms with Gasteiger partial charge in [-0.3, -0.25) is 4.79 Å². The lowest BCUT2D eigenvalue weighted by Gasteiger charge is -2.14. The normalized spacial score (nSPS) is 13.3. The van der Waals surface area contributed by atoms with Crippen LogP contribution >= 0.6 is 0 Å². The molecule has 2 N–H and O–H groups in total. The average molecular weight is 367 g/mol. The van der Waals surface area contributed by atoms with Gasteiger partial charge in [0.1, 0.15) is 12.4 Å². The van der Waals surface area contributed by atoms with Crippen molar-refractivity contribution in [3.05, 3.63) is 41.1 Å². The number of anilines is 2. The van der Waals surface area contributed by atoms with Crippen molar-refractivity contribution in [3.8, 4) is 6.01 Å². The number of aryl methyl sites for hydroxylation is 1. The van der Waals surface area contributed by atoms with Gasteiger partial charge >= 0.3 is 18.2 Å². The van der Waals surface area contributed by atoms with Crippen molar-refractivity contribution >= 4 is 17.5 Å². The molecule has 0 saturated heterocycles. The van der Waals surface area contributed by atoms with Crippen LogP contribution in [-0.4, -0.2) is 27.7 Å². The molecule has 1 aromatic heterocycles. The molecule has 0 radical (unpaired) electrons. The Bertz CT molecular complexity index is 825. The Morgan fingerprint density at radius 2 is 2.08 bits per heavy atom. The minimum absolute atomic E-state index is 0.0575. The Hall–Kier alpha value is -2.84. The number of carbonyl (C=O) groups is 1. The summed E-state index contributed by atoms with van der Waals surface area (Å²) in [5.74, 6) is -1.19. The molecule has 0 amide bonds. The van der Waals surface area contributed by atoms with Gasteiger partial charge in [-0.05, 0) is 36.5 Å². The molecule has 1 heterocycles. The van der Waals surface area contributed by atoms with Gasteiger partial charge in [-0.1, -0.05) is 12.1 Å². The van der Waals surface area contributed by atoms with Crippen LogP contribution in [0.4, 0.5) is 24.7 Å². The van der Waals surface area contributed by atoms with E-state index in [0.717, 1.165) is 36.5 Å². The molecule has 3 rings (SSSR count). The first-order chi connectivity index (χ1) is 12.3. The molecule has 0 unspecified atom stereocenters. The average Bonchev–Trinajstić information content (AvgIpc) is 3.03. The number of ether oxygens (including phenoxy) is 1. The van der Waals surface area contributed by atoms with Crippen molar-refractivity contribution in [2.24, 2.45) is 0 Å². The fourth-order valence-electron chi connectivity index (χ4n) is 2.80. The van der Waals surface area contributed by atoms with Crippen LogP contribution in [-0.2, 0) is 23.8 Å². The van der Waals surface area contributed by atoms with Gasteiger partial charge in [-0.15, -0.1) is 0 Å². The molecule has 0 fully saturated rings. The number of nitrogens with one attached hydrogen (secondary N) is 1. The standard InChI is InChI=1S/C17H16F3N3O3/c18-17(19,20)13-9-14(23-16(22-13)26-8-7-15(24)25)21-12-6-2-4-10-3-1-5-11(10)12/h2,4,6,9H,1,3,5,7-8H2,(H,24,25)(H,21,22,23). The molecule has 1 aromatic carbocycles. The minimum atomic E-state index is -4.68. The topological polar surface area (TPSA) is 84.3 Å². The molecule has 26 heavy (non-hydrogen) atoms. The summed E-state index contributed by atoms with van der Waals surface area (Å²) in [5.41, 5.74) is 1.77. The number of hydrogen-bond acceptors (Lipinski definition) is 5. The van der Waals surface area contributed by atoms with Crippen LogP contribution in [0.5, 0.6) is 6.01 Å². The molecule has 2 aromatic rings. The number of nitrogens with zero attached hydrogens (tertiary/aromatic N) is 2. The van der Waals surface area contributed by atoms with Gasteiger partial charge in [-0.2, -0.15) is 23.1 Å². The summed E-state index contributed by atoms with van der Waals surface area (Å²) >= 11 is 0. The van der Waals surface area contributed by atoms with E-state index >= 15 is 0 Å². The largest absolute Gasteiger partial charge is 0.481 e. The first-order valence-corrected chi connectivity index (χ1v) is 8.01. The SMILES string of the molecule is O=C(O)CCOc1nc(Nc2cccc3c2CCC3)cc(C(F)(F)F)n1. The highest BCUT2D eigenvalue weighted by Gasteiger charge is 2.34. The number of halogens is 3. The lowest BCUT2D eigenvalue weighted by atomic mass is 10.1. The molecule has 0 atom stereocenters. The highest BCUT2D eigenvalue weighted by atomic mass is 19.4. The number of aromatic nitrogens is 2. The van der Waals surface area contributed by atoms with Crippen LogP contribution in [0.3, 0.4) is 0 Å². The lowest BCUT2D eigenvalue weighted by Crippen LogP contribution is -2.13. The Labute approximate surface area is 147 Å². The van der Waals surface area contributed by atoms with Crippen LogP contribution in [0.25, 0.3) is 0 Å². The van der Waals surface area contributed by atoms with E-state index in [2.05, 4.69) is 15.3 Å². The quantitative estimate of drug-likeness (QED) is 0.812. The van der Waals surface area contributed by atoms with Crippen molar-refractivity contribution in [3.63, 3.8) is 0 Å². The number of fused-ring (bicyclic) bond motifs is 1. The number of benzene rings is 1. The fraction of sp³-hybridized carbons (Fsp3) is 0.353. The first kappa shape index (κ1) is 18.0. The Morgan fingerprint density at radius 3 is 2.81 bits per heavy atom. The molecular formula is C17H16F3N3O3. The zero-order valence-corrected chi connectivity index (χ0v) is 13.6. The van der Waals surface area contributed by atoms with E-state index in [1.54, 1.807) is 6.07 Å². The Kier molecular flexibility index (Phi) is 4.97. The molecule has 0 saturated carbocycles. The summed E-state index contributed by atoms with van der Waals surface area (Å²) in [6.45, 7) is -0.323. The molecule has 9 heteroatoms. The van der Waals surface area contributed by atoms with Crippen LogP contribution < -0.4 is 10.1 Å². The van der Waals surface area contributed by atoms with Gasteiger partial charge in [0, 0.05) is 11.8 Å². The third kappa shape index (κ3) is 4.22. The van der Waals surface area contributed by atoms with E-state index < -0.39 is 23.8 Å². The van der Waals surface area contributed by atoms with E-state index in [0.29, 0.717) is 5.69 Å². The van der Waals surface area contributed by atoms with Crippen molar-refractivity contribution in [2.75, 3.05) is 11.9 Å². The highest BCUT2D eigenvalue weighted by molar-refractivity contribution is 5.66. The molecule has 138 valence electrons. The summed E-state index contributed by atoms with van der Waals surface area (Å²) in [7, 11) is 0. The van der Waals surface area contributed by atoms with Crippen molar-refractivity contribution in [1.82, 2.24) is 9.97 Å². The smallest absolute Gasteiger partial charge is 0.433 e. The van der Waals surface area contributed by atoms with Crippen LogP contribution in [0.1, 0.15) is 29.7 Å². The molecule has 1 aliphatic carbocycles. The predicted molar refractivity (Wildman–Crippen MR) is 86.5 cm³/mol. The maximum absolute atomic E-state index is 13.1. The number of carboxylic acid groups (broad SMARTS) is 1. The predicted octanol–water partition coefficient (Wildman–Crippen LogP) is 3.58. The third-order valence-corrected chi connectivity index (χ3v) is 3.95. The van der Waals surface area contributed by atoms with Crippen molar-refractivity contribution < 1.29 is 27.8 Å². The van der Waals surface area contributed by atoms with Gasteiger partial charge in [0.25, 0.3) is 0 Å². The van der Waals surface area contributed by atoms with E-state index in [1.807, 2.05) is 12.1 Å². The van der Waals surface area contributed by atoms with E-state index in [9.17, 15) is 18.0 Å². The summed E-state index contributed by atoms with van der Waals surface area (Å²) in [5, 5.41) is 11.5. The van der Waals surface area contributed by atoms with E-state index in [4.69, 9.17) is 9.84 Å². The molecule has 0 bridgehead atoms. The molecule has 0 spiro atoms. The first-order valence-electron chi connectivity index (χ1n) is 8.01. The number of carboxylic acids is 1. The fourth-order valence-corrected chi connectivity index (χ4v) is 2.80. The molecule has 0 aliphatic heterocycles. The zero-order valence-electron chi connectivity index (χ0n) is 13.6. The number of aliphatic carboxylic acids is 1. The van der Waals surface area contributed by atoms with Crippen LogP contribution in [0, 0.1) is 0 Å². The minimum Gasteiger partial charge on any atom is -0.481 e. The zero-order chi connectivity index (χ0) is 18.7. The van der Waals surface area contributed by atoms with Crippen molar-refractivity contribution in [2.45, 2.75) is 31.9 Å². The van der Waals surface area contributed by atoms with Gasteiger partial charge in [0.2, 0.25) is 0 Å². The molecule has 1 aliphatic rings. The summed E-state index contributed by atoms with van der Waals surface area (Å²) < 4.78 is 44.2. The summed E-state index contributed by atoms with van der Waals surface area (Å²) in [4.78, 5) is 17.8. The monoisotopic (exact) mass is 367 g/mol. The van der Waals surface area contributed by atoms with Crippen LogP contribution in [0.2, 0.25) is 0 Å². The summed E-state index contributed by atoms with van der Waals surface area (Å²) in [6, 6.07) is 5.90. The number of hydrogen-bond donors (Lipinski definition) is 2. The second-order valence-electron chi connectivity index (χ2n) is 5.83. The Balaban J connectivity index is 1.88. The van der Waals surface area contributed by atoms with E-state index in [-0.39, 0.29) is 18.8 Å². The Morgan fingerprint density at radius 1 is 1.27 bits per heavy atom. The van der Waals surface area contributed by atoms with Crippen molar-refractivity contribution in [1.29, 1.82) is 0 Å².